The fourth-order valence-corrected chi connectivity index (χ4v) is 2.82. The van der Waals surface area contributed by atoms with E-state index in [-0.39, 0.29) is 12.3 Å². The summed E-state index contributed by atoms with van der Waals surface area (Å²) >= 11 is 0. The van der Waals surface area contributed by atoms with E-state index in [1.165, 1.54) is 24.5 Å². The molecule has 23 heavy (non-hydrogen) atoms. The van der Waals surface area contributed by atoms with E-state index in [2.05, 4.69) is 9.88 Å². The van der Waals surface area contributed by atoms with Gasteiger partial charge in [-0.1, -0.05) is 0 Å². The largest absolute Gasteiger partial charge is 0.471 e. The van der Waals surface area contributed by atoms with Crippen molar-refractivity contribution in [1.82, 2.24) is 9.88 Å². The zero-order valence-corrected chi connectivity index (χ0v) is 12.7. The van der Waals surface area contributed by atoms with Crippen molar-refractivity contribution in [3.8, 4) is 0 Å². The topological polar surface area (TPSA) is 56.7 Å². The molecule has 0 spiro atoms. The van der Waals surface area contributed by atoms with Crippen LogP contribution in [0.1, 0.15) is 19.3 Å². The number of aliphatic hydroxyl groups is 1. The molecule has 5 nitrogen and oxygen atoms in total. The van der Waals surface area contributed by atoms with Crippen molar-refractivity contribution in [3.63, 3.8) is 0 Å². The third kappa shape index (κ3) is 4.65. The predicted octanol–water partition coefficient (Wildman–Crippen LogP) is 1.82. The number of pyridine rings is 1. The number of rotatable bonds is 5. The molecule has 0 unspecified atom stereocenters. The Bertz CT molecular complexity index is 502. The van der Waals surface area contributed by atoms with Crippen LogP contribution in [-0.4, -0.2) is 59.4 Å². The minimum absolute atomic E-state index is 0.0916. The molecule has 0 saturated carbocycles. The van der Waals surface area contributed by atoms with Crippen LogP contribution in [0.2, 0.25) is 0 Å². The zero-order valence-electron chi connectivity index (χ0n) is 12.7. The van der Waals surface area contributed by atoms with Gasteiger partial charge in [0.05, 0.1) is 11.9 Å². The summed E-state index contributed by atoms with van der Waals surface area (Å²) in [7, 11) is 0. The summed E-state index contributed by atoms with van der Waals surface area (Å²) in [6.07, 6.45) is -0.619. The van der Waals surface area contributed by atoms with Gasteiger partial charge in [-0.15, -0.1) is 0 Å². The third-order valence-corrected chi connectivity index (χ3v) is 3.94. The highest BCUT2D eigenvalue weighted by Gasteiger charge is 2.45. The van der Waals surface area contributed by atoms with E-state index >= 15 is 0 Å². The summed E-state index contributed by atoms with van der Waals surface area (Å²) in [5.41, 5.74) is 0.170. The van der Waals surface area contributed by atoms with Gasteiger partial charge in [-0.05, 0) is 31.4 Å². The quantitative estimate of drug-likeness (QED) is 0.894. The predicted molar refractivity (Wildman–Crippen MR) is 78.9 cm³/mol. The molecule has 2 heterocycles. The van der Waals surface area contributed by atoms with Gasteiger partial charge in [0, 0.05) is 38.5 Å². The van der Waals surface area contributed by atoms with Crippen molar-refractivity contribution in [2.24, 2.45) is 0 Å². The molecule has 1 N–H and O–H groups in total. The molecule has 0 aromatic carbocycles. The Morgan fingerprint density at radius 3 is 2.61 bits per heavy atom. The number of nitrogens with zero attached hydrogens (tertiary/aromatic N) is 3. The first-order chi connectivity index (χ1) is 10.9. The van der Waals surface area contributed by atoms with E-state index < -0.39 is 18.1 Å². The van der Waals surface area contributed by atoms with Gasteiger partial charge in [-0.3, -0.25) is 14.7 Å². The van der Waals surface area contributed by atoms with Crippen molar-refractivity contribution in [1.29, 1.82) is 0 Å². The van der Waals surface area contributed by atoms with Crippen LogP contribution in [-0.2, 0) is 4.79 Å². The molecular formula is C15H20F3N3O2. The molecular weight excluding hydrogens is 311 g/mol. The van der Waals surface area contributed by atoms with Crippen molar-refractivity contribution in [2.75, 3.05) is 31.1 Å². The first-order valence-corrected chi connectivity index (χ1v) is 7.57. The number of aliphatic hydroxyl groups excluding tert-OH is 1. The number of aromatic nitrogens is 1. The lowest BCUT2D eigenvalue weighted by Crippen LogP contribution is -2.51. The van der Waals surface area contributed by atoms with Crippen molar-refractivity contribution in [2.45, 2.75) is 31.5 Å². The van der Waals surface area contributed by atoms with E-state index in [0.29, 0.717) is 38.9 Å². The first kappa shape index (κ1) is 17.7. The smallest absolute Gasteiger partial charge is 0.396 e. The maximum absolute atomic E-state index is 12.9. The zero-order chi connectivity index (χ0) is 16.9. The van der Waals surface area contributed by atoms with Crippen LogP contribution in [0.15, 0.2) is 24.5 Å². The Labute approximate surface area is 132 Å². The number of halogens is 3. The average molecular weight is 331 g/mol. The van der Waals surface area contributed by atoms with Crippen LogP contribution in [0.3, 0.4) is 0 Å². The summed E-state index contributed by atoms with van der Waals surface area (Å²) < 4.78 is 38.8. The second-order valence-electron chi connectivity index (χ2n) is 5.53. The van der Waals surface area contributed by atoms with Crippen LogP contribution in [0.25, 0.3) is 0 Å². The van der Waals surface area contributed by atoms with Gasteiger partial charge in [0.2, 0.25) is 0 Å². The standard InChI is InChI=1S/C15H20F3N3O2/c16-15(17,18)14(23)21(13-3-1-6-19-11-13)12-4-8-20(9-5-12)7-2-10-22/h1,3,6,11-12,22H,2,4-5,7-10H2. The van der Waals surface area contributed by atoms with Gasteiger partial charge >= 0.3 is 12.1 Å². The molecule has 0 aliphatic carbocycles. The number of anilines is 1. The molecule has 1 aliphatic rings. The Morgan fingerprint density at radius 2 is 2.09 bits per heavy atom. The summed E-state index contributed by atoms with van der Waals surface area (Å²) in [5.74, 6) is -1.85. The van der Waals surface area contributed by atoms with Crippen molar-refractivity contribution >= 4 is 11.6 Å². The molecule has 128 valence electrons. The van der Waals surface area contributed by atoms with Crippen molar-refractivity contribution < 1.29 is 23.1 Å². The number of likely N-dealkylation sites (tertiary alicyclic amines) is 1. The maximum Gasteiger partial charge on any atom is 0.471 e. The number of piperidine rings is 1. The van der Waals surface area contributed by atoms with Crippen LogP contribution < -0.4 is 4.90 Å². The van der Waals surface area contributed by atoms with E-state index in [4.69, 9.17) is 5.11 Å². The molecule has 0 radical (unpaired) electrons. The van der Waals surface area contributed by atoms with Gasteiger partial charge in [0.1, 0.15) is 0 Å². The van der Waals surface area contributed by atoms with Gasteiger partial charge in [-0.2, -0.15) is 13.2 Å². The van der Waals surface area contributed by atoms with Gasteiger partial charge < -0.3 is 10.0 Å². The molecule has 0 bridgehead atoms. The second kappa shape index (κ2) is 7.74. The van der Waals surface area contributed by atoms with E-state index in [1.54, 1.807) is 0 Å². The highest BCUT2D eigenvalue weighted by Crippen LogP contribution is 2.29. The molecule has 1 saturated heterocycles. The number of hydrogen-bond donors (Lipinski definition) is 1. The highest BCUT2D eigenvalue weighted by molar-refractivity contribution is 5.97. The lowest BCUT2D eigenvalue weighted by Gasteiger charge is -2.38. The van der Waals surface area contributed by atoms with Crippen LogP contribution in [0.4, 0.5) is 18.9 Å². The molecule has 0 atom stereocenters. The summed E-state index contributed by atoms with van der Waals surface area (Å²) in [4.78, 5) is 18.6. The summed E-state index contributed by atoms with van der Waals surface area (Å²) in [6, 6.07) is 2.48. The molecule has 1 aliphatic heterocycles. The Kier molecular flexibility index (Phi) is 5.95. The molecule has 1 amide bonds. The number of amides is 1. The SMILES string of the molecule is O=C(N(c1cccnc1)C1CCN(CCCO)CC1)C(F)(F)F. The summed E-state index contributed by atoms with van der Waals surface area (Å²) in [6.45, 7) is 2.01. The van der Waals surface area contributed by atoms with E-state index in [1.807, 2.05) is 0 Å². The molecule has 1 aromatic rings. The minimum atomic E-state index is -4.91. The maximum atomic E-state index is 12.9. The Hall–Kier alpha value is -1.67. The third-order valence-electron chi connectivity index (χ3n) is 3.94. The molecule has 2 rings (SSSR count). The van der Waals surface area contributed by atoms with Crippen LogP contribution >= 0.6 is 0 Å². The second-order valence-corrected chi connectivity index (χ2v) is 5.53. The fraction of sp³-hybridized carbons (Fsp3) is 0.600. The van der Waals surface area contributed by atoms with E-state index in [0.717, 1.165) is 4.90 Å². The van der Waals surface area contributed by atoms with Gasteiger partial charge in [-0.25, -0.2) is 0 Å². The molecule has 1 fully saturated rings. The molecule has 8 heteroatoms. The summed E-state index contributed by atoms with van der Waals surface area (Å²) in [5, 5.41) is 8.84. The van der Waals surface area contributed by atoms with Crippen LogP contribution in [0, 0.1) is 0 Å². The first-order valence-electron chi connectivity index (χ1n) is 7.57. The van der Waals surface area contributed by atoms with E-state index in [9.17, 15) is 18.0 Å². The Morgan fingerprint density at radius 1 is 1.39 bits per heavy atom. The highest BCUT2D eigenvalue weighted by atomic mass is 19.4. The lowest BCUT2D eigenvalue weighted by atomic mass is 10.0. The van der Waals surface area contributed by atoms with Crippen molar-refractivity contribution in [3.05, 3.63) is 24.5 Å². The monoisotopic (exact) mass is 331 g/mol. The lowest BCUT2D eigenvalue weighted by molar-refractivity contribution is -0.171. The van der Waals surface area contributed by atoms with Gasteiger partial charge in [0.25, 0.3) is 0 Å². The number of carbonyl (C=O) groups excluding carboxylic acids is 1. The number of alkyl halides is 3. The molecule has 1 aromatic heterocycles. The fourth-order valence-electron chi connectivity index (χ4n) is 2.82. The van der Waals surface area contributed by atoms with Crippen LogP contribution in [0.5, 0.6) is 0 Å². The average Bonchev–Trinajstić information content (AvgIpc) is 2.54. The number of carbonyl (C=O) groups is 1. The minimum Gasteiger partial charge on any atom is -0.396 e. The number of hydrogen-bond acceptors (Lipinski definition) is 4. The normalized spacial score (nSPS) is 17.2. The Balaban J connectivity index is 2.12. The van der Waals surface area contributed by atoms with Gasteiger partial charge in [0.15, 0.2) is 0 Å².